The average molecular weight is 395 g/mol. The first kappa shape index (κ1) is 20.9. The quantitative estimate of drug-likeness (QED) is 0.634. The van der Waals surface area contributed by atoms with Crippen molar-refractivity contribution in [1.29, 1.82) is 0 Å². The fourth-order valence-corrected chi connectivity index (χ4v) is 3.60. The number of carbonyl (C=O) groups is 2. The van der Waals surface area contributed by atoms with Crippen molar-refractivity contribution in [3.8, 4) is 5.75 Å². The molecule has 0 unspecified atom stereocenters. The lowest BCUT2D eigenvalue weighted by Crippen LogP contribution is -2.41. The molecule has 1 aliphatic carbocycles. The van der Waals surface area contributed by atoms with Gasteiger partial charge in [0.05, 0.1) is 7.11 Å². The SMILES string of the molecule is CCc1cccc(CC)c1NC(=O)C1(C(=O)NCCc2ccc(OC)cc2)CC1. The third-order valence-corrected chi connectivity index (χ3v) is 5.71. The summed E-state index contributed by atoms with van der Waals surface area (Å²) in [6.07, 6.45) is 3.59. The van der Waals surface area contributed by atoms with Gasteiger partial charge < -0.3 is 15.4 Å². The van der Waals surface area contributed by atoms with Crippen LogP contribution in [-0.4, -0.2) is 25.5 Å². The van der Waals surface area contributed by atoms with Crippen molar-refractivity contribution in [3.05, 3.63) is 59.2 Å². The van der Waals surface area contributed by atoms with Crippen LogP contribution in [0.5, 0.6) is 5.75 Å². The lowest BCUT2D eigenvalue weighted by atomic mass is 10.0. The number of nitrogens with one attached hydrogen (secondary N) is 2. The number of methoxy groups -OCH3 is 1. The molecule has 5 heteroatoms. The molecular formula is C24H30N2O3. The Labute approximate surface area is 172 Å². The van der Waals surface area contributed by atoms with Gasteiger partial charge in [0.15, 0.2) is 0 Å². The van der Waals surface area contributed by atoms with Gasteiger partial charge in [-0.3, -0.25) is 9.59 Å². The fourth-order valence-electron chi connectivity index (χ4n) is 3.60. The van der Waals surface area contributed by atoms with Crippen LogP contribution in [0, 0.1) is 5.41 Å². The first-order chi connectivity index (χ1) is 14.0. The second-order valence-electron chi connectivity index (χ2n) is 7.55. The van der Waals surface area contributed by atoms with Crippen molar-refractivity contribution < 1.29 is 14.3 Å². The molecule has 0 aliphatic heterocycles. The van der Waals surface area contributed by atoms with E-state index in [4.69, 9.17) is 4.74 Å². The van der Waals surface area contributed by atoms with Gasteiger partial charge in [0.25, 0.3) is 0 Å². The molecule has 1 aliphatic rings. The number of rotatable bonds is 9. The van der Waals surface area contributed by atoms with Crippen molar-refractivity contribution in [2.45, 2.75) is 46.0 Å². The lowest BCUT2D eigenvalue weighted by molar-refractivity contribution is -0.134. The first-order valence-electron chi connectivity index (χ1n) is 10.4. The van der Waals surface area contributed by atoms with Gasteiger partial charge in [-0.1, -0.05) is 44.2 Å². The molecule has 1 fully saturated rings. The second kappa shape index (κ2) is 9.12. The second-order valence-corrected chi connectivity index (χ2v) is 7.55. The van der Waals surface area contributed by atoms with Crippen molar-refractivity contribution in [2.24, 2.45) is 5.41 Å². The maximum atomic E-state index is 13.0. The predicted octanol–water partition coefficient (Wildman–Crippen LogP) is 3.90. The first-order valence-corrected chi connectivity index (χ1v) is 10.4. The highest BCUT2D eigenvalue weighted by atomic mass is 16.5. The summed E-state index contributed by atoms with van der Waals surface area (Å²) in [5.41, 5.74) is 3.28. The molecule has 2 amide bonds. The predicted molar refractivity (Wildman–Crippen MR) is 115 cm³/mol. The van der Waals surface area contributed by atoms with Gasteiger partial charge in [-0.05, 0) is 60.9 Å². The van der Waals surface area contributed by atoms with Crippen LogP contribution in [0.4, 0.5) is 5.69 Å². The van der Waals surface area contributed by atoms with Gasteiger partial charge in [0.1, 0.15) is 11.2 Å². The van der Waals surface area contributed by atoms with E-state index in [9.17, 15) is 9.59 Å². The summed E-state index contributed by atoms with van der Waals surface area (Å²) in [5, 5.41) is 6.03. The number of aryl methyl sites for hydroxylation is 2. The normalized spacial score (nSPS) is 14.2. The standard InChI is InChI=1S/C24H30N2O3/c1-4-18-7-6-8-19(5-2)21(18)26-23(28)24(14-15-24)22(27)25-16-13-17-9-11-20(29-3)12-10-17/h6-12H,4-5,13-16H2,1-3H3,(H,25,27)(H,26,28). The molecule has 0 atom stereocenters. The van der Waals surface area contributed by atoms with Crippen LogP contribution in [0.15, 0.2) is 42.5 Å². The molecule has 3 rings (SSSR count). The topological polar surface area (TPSA) is 67.4 Å². The molecule has 29 heavy (non-hydrogen) atoms. The Morgan fingerprint density at radius 3 is 2.10 bits per heavy atom. The molecule has 2 N–H and O–H groups in total. The van der Waals surface area contributed by atoms with Gasteiger partial charge >= 0.3 is 0 Å². The number of amides is 2. The zero-order chi connectivity index (χ0) is 20.9. The highest BCUT2D eigenvalue weighted by molar-refractivity contribution is 6.13. The van der Waals surface area contributed by atoms with Crippen LogP contribution in [0.1, 0.15) is 43.4 Å². The van der Waals surface area contributed by atoms with E-state index in [0.29, 0.717) is 25.8 Å². The highest BCUT2D eigenvalue weighted by Crippen LogP contribution is 2.47. The minimum absolute atomic E-state index is 0.171. The molecule has 0 bridgehead atoms. The van der Waals surface area contributed by atoms with Gasteiger partial charge in [-0.25, -0.2) is 0 Å². The van der Waals surface area contributed by atoms with Crippen LogP contribution >= 0.6 is 0 Å². The molecule has 5 nitrogen and oxygen atoms in total. The maximum absolute atomic E-state index is 13.0. The van der Waals surface area contributed by atoms with E-state index in [0.717, 1.165) is 41.0 Å². The Kier molecular flexibility index (Phi) is 6.57. The molecule has 0 saturated heterocycles. The monoisotopic (exact) mass is 394 g/mol. The molecule has 154 valence electrons. The van der Waals surface area contributed by atoms with Crippen LogP contribution in [0.3, 0.4) is 0 Å². The number of hydrogen-bond acceptors (Lipinski definition) is 3. The van der Waals surface area contributed by atoms with Crippen molar-refractivity contribution in [3.63, 3.8) is 0 Å². The highest BCUT2D eigenvalue weighted by Gasteiger charge is 2.56. The summed E-state index contributed by atoms with van der Waals surface area (Å²) in [5.74, 6) is 0.454. The van der Waals surface area contributed by atoms with Crippen LogP contribution in [0.2, 0.25) is 0 Å². The van der Waals surface area contributed by atoms with E-state index in [-0.39, 0.29) is 11.8 Å². The maximum Gasteiger partial charge on any atom is 0.240 e. The van der Waals surface area contributed by atoms with Crippen molar-refractivity contribution in [1.82, 2.24) is 5.32 Å². The molecule has 0 spiro atoms. The zero-order valence-electron chi connectivity index (χ0n) is 17.5. The molecule has 2 aromatic carbocycles. The van der Waals surface area contributed by atoms with Crippen molar-refractivity contribution in [2.75, 3.05) is 19.0 Å². The summed E-state index contributed by atoms with van der Waals surface area (Å²) in [6.45, 7) is 4.65. The van der Waals surface area contributed by atoms with E-state index in [1.165, 1.54) is 0 Å². The number of benzene rings is 2. The minimum atomic E-state index is -0.925. The third-order valence-electron chi connectivity index (χ3n) is 5.71. The Morgan fingerprint density at radius 2 is 1.59 bits per heavy atom. The van der Waals surface area contributed by atoms with E-state index in [2.05, 4.69) is 24.5 Å². The minimum Gasteiger partial charge on any atom is -0.497 e. The number of hydrogen-bond donors (Lipinski definition) is 2. The smallest absolute Gasteiger partial charge is 0.240 e. The Bertz CT molecular complexity index is 848. The number of ether oxygens (including phenoxy) is 1. The molecule has 0 heterocycles. The van der Waals surface area contributed by atoms with Gasteiger partial charge in [0, 0.05) is 12.2 Å². The van der Waals surface area contributed by atoms with E-state index in [1.54, 1.807) is 7.11 Å². The summed E-state index contributed by atoms with van der Waals surface area (Å²) in [4.78, 5) is 25.8. The van der Waals surface area contributed by atoms with E-state index in [1.807, 2.05) is 42.5 Å². The van der Waals surface area contributed by atoms with E-state index >= 15 is 0 Å². The summed E-state index contributed by atoms with van der Waals surface area (Å²) < 4.78 is 5.16. The average Bonchev–Trinajstić information content (AvgIpc) is 3.56. The summed E-state index contributed by atoms with van der Waals surface area (Å²) >= 11 is 0. The molecule has 1 saturated carbocycles. The van der Waals surface area contributed by atoms with Crippen LogP contribution in [-0.2, 0) is 28.9 Å². The van der Waals surface area contributed by atoms with Crippen LogP contribution in [0.25, 0.3) is 0 Å². The molecule has 0 aromatic heterocycles. The van der Waals surface area contributed by atoms with Crippen LogP contribution < -0.4 is 15.4 Å². The number of para-hydroxylation sites is 1. The lowest BCUT2D eigenvalue weighted by Gasteiger charge is -2.19. The summed E-state index contributed by atoms with van der Waals surface area (Å²) in [6, 6.07) is 13.9. The van der Waals surface area contributed by atoms with E-state index < -0.39 is 5.41 Å². The molecular weight excluding hydrogens is 364 g/mol. The van der Waals surface area contributed by atoms with Crippen molar-refractivity contribution >= 4 is 17.5 Å². The Balaban J connectivity index is 1.60. The zero-order valence-corrected chi connectivity index (χ0v) is 17.5. The Morgan fingerprint density at radius 1 is 0.966 bits per heavy atom. The van der Waals surface area contributed by atoms with Gasteiger partial charge in [-0.15, -0.1) is 0 Å². The molecule has 2 aromatic rings. The Hall–Kier alpha value is -2.82. The van der Waals surface area contributed by atoms with Gasteiger partial charge in [-0.2, -0.15) is 0 Å². The fraction of sp³-hybridized carbons (Fsp3) is 0.417. The number of carbonyl (C=O) groups excluding carboxylic acids is 2. The van der Waals surface area contributed by atoms with Gasteiger partial charge in [0.2, 0.25) is 11.8 Å². The number of anilines is 1. The molecule has 0 radical (unpaired) electrons. The largest absolute Gasteiger partial charge is 0.497 e. The summed E-state index contributed by atoms with van der Waals surface area (Å²) in [7, 11) is 1.64. The third kappa shape index (κ3) is 4.61.